The molecule has 3 heterocycles. The zero-order chi connectivity index (χ0) is 28.4. The Morgan fingerprint density at radius 2 is 1.80 bits per heavy atom. The first kappa shape index (κ1) is 26.9. The number of nitrogens with one attached hydrogen (secondary N) is 1. The molecule has 0 saturated carbocycles. The summed E-state index contributed by atoms with van der Waals surface area (Å²) >= 11 is 0. The summed E-state index contributed by atoms with van der Waals surface area (Å²) in [7, 11) is 0. The van der Waals surface area contributed by atoms with Gasteiger partial charge in [-0.15, -0.1) is 10.2 Å². The minimum Gasteiger partial charge on any atom is -0.294 e. The molecule has 204 valence electrons. The minimum atomic E-state index is -0.254. The zero-order valence-corrected chi connectivity index (χ0v) is 23.5. The molecule has 0 amide bonds. The lowest BCUT2D eigenvalue weighted by molar-refractivity contribution is 0.101. The molecule has 40 heavy (non-hydrogen) atoms. The third kappa shape index (κ3) is 5.14. The first-order chi connectivity index (χ1) is 19.2. The predicted octanol–water partition coefficient (Wildman–Crippen LogP) is 5.38. The van der Waals surface area contributed by atoms with E-state index in [1.54, 1.807) is 30.0 Å². The van der Waals surface area contributed by atoms with Crippen molar-refractivity contribution in [3.63, 3.8) is 0 Å². The highest BCUT2D eigenvalue weighted by atomic mass is 16.2. The molecule has 0 aliphatic heterocycles. The van der Waals surface area contributed by atoms with Crippen LogP contribution in [0.2, 0.25) is 0 Å². The predicted molar refractivity (Wildman–Crippen MR) is 155 cm³/mol. The molecule has 0 aliphatic rings. The molecule has 2 aromatic carbocycles. The van der Waals surface area contributed by atoms with E-state index in [9.17, 15) is 9.59 Å². The smallest absolute Gasteiger partial charge is 0.294 e. The molecule has 9 heteroatoms. The number of carbonyl (C=O) groups is 1. The van der Waals surface area contributed by atoms with Crippen LogP contribution in [0.4, 0.5) is 0 Å². The van der Waals surface area contributed by atoms with E-state index in [0.717, 1.165) is 46.4 Å². The van der Waals surface area contributed by atoms with E-state index in [1.165, 1.54) is 0 Å². The van der Waals surface area contributed by atoms with Gasteiger partial charge in [-0.2, -0.15) is 5.21 Å². The number of aromatic amines is 1. The molecule has 0 spiro atoms. The molecule has 1 N–H and O–H groups in total. The van der Waals surface area contributed by atoms with Crippen molar-refractivity contribution in [1.82, 2.24) is 34.7 Å². The van der Waals surface area contributed by atoms with Crippen LogP contribution in [-0.4, -0.2) is 40.5 Å². The van der Waals surface area contributed by atoms with Crippen LogP contribution >= 0.6 is 0 Å². The number of Topliss-reactive ketones (excluding diaryl/α,β-unsaturated/α-hetero) is 1. The summed E-state index contributed by atoms with van der Waals surface area (Å²) in [6, 6.07) is 15.7. The van der Waals surface area contributed by atoms with Gasteiger partial charge in [0, 0.05) is 35.4 Å². The van der Waals surface area contributed by atoms with Gasteiger partial charge in [-0.3, -0.25) is 18.9 Å². The fourth-order valence-corrected chi connectivity index (χ4v) is 5.08. The maximum absolute atomic E-state index is 14.0. The maximum Gasteiger partial charge on any atom is 0.333 e. The van der Waals surface area contributed by atoms with Crippen molar-refractivity contribution in [1.29, 1.82) is 0 Å². The van der Waals surface area contributed by atoms with E-state index in [-0.39, 0.29) is 16.9 Å². The van der Waals surface area contributed by atoms with E-state index in [4.69, 9.17) is 0 Å². The average molecular weight is 536 g/mol. The number of ketones is 1. The van der Waals surface area contributed by atoms with Crippen molar-refractivity contribution in [3.8, 4) is 28.2 Å². The Hall–Kier alpha value is -4.66. The van der Waals surface area contributed by atoms with Crippen LogP contribution in [0.3, 0.4) is 0 Å². The number of carbonyl (C=O) groups excluding carboxylic acids is 1. The summed E-state index contributed by atoms with van der Waals surface area (Å²) in [4.78, 5) is 30.8. The normalized spacial score (nSPS) is 11.6. The highest BCUT2D eigenvalue weighted by Gasteiger charge is 2.25. The number of aromatic nitrogens is 7. The standard InChI is InChI=1S/C31H33N7O2/c1-6-8-23-19-38(28-24(20(2)39)9-7-10-27(28)31(3,4)5)30(40)37(23)18-21-11-13-22(14-12-21)25-15-16-32-17-26(25)29-33-35-36-34-29/h7,9-17,19H,6,8,18H2,1-5H3,(H,33,34,35,36). The number of hydrogen-bond acceptors (Lipinski definition) is 6. The van der Waals surface area contributed by atoms with Crippen LogP contribution in [0.5, 0.6) is 0 Å². The monoisotopic (exact) mass is 535 g/mol. The molecule has 0 radical (unpaired) electrons. The van der Waals surface area contributed by atoms with Gasteiger partial charge in [0.1, 0.15) is 0 Å². The van der Waals surface area contributed by atoms with Gasteiger partial charge in [0.15, 0.2) is 5.78 Å². The SMILES string of the molecule is CCCc1cn(-c2c(C(C)=O)cccc2C(C)(C)C)c(=O)n1Cc1ccc(-c2ccncc2-c2nn[nH]n2)cc1. The topological polar surface area (TPSA) is 111 Å². The number of para-hydroxylation sites is 1. The van der Waals surface area contributed by atoms with Crippen LogP contribution in [0.1, 0.15) is 68.2 Å². The van der Waals surface area contributed by atoms with Crippen molar-refractivity contribution < 1.29 is 4.79 Å². The molecular formula is C31H33N7O2. The molecule has 9 nitrogen and oxygen atoms in total. The molecule has 5 rings (SSSR count). The summed E-state index contributed by atoms with van der Waals surface area (Å²) < 4.78 is 3.49. The number of hydrogen-bond donors (Lipinski definition) is 1. The second kappa shape index (κ2) is 10.8. The van der Waals surface area contributed by atoms with Gasteiger partial charge < -0.3 is 0 Å². The average Bonchev–Trinajstić information content (AvgIpc) is 3.58. The third-order valence-corrected chi connectivity index (χ3v) is 7.05. The molecule has 0 fully saturated rings. The first-order valence-corrected chi connectivity index (χ1v) is 13.4. The number of pyridine rings is 1. The van der Waals surface area contributed by atoms with Crippen LogP contribution in [0.25, 0.3) is 28.2 Å². The Kier molecular flexibility index (Phi) is 7.30. The van der Waals surface area contributed by atoms with E-state index < -0.39 is 0 Å². The van der Waals surface area contributed by atoms with Crippen molar-refractivity contribution in [2.75, 3.05) is 0 Å². The lowest BCUT2D eigenvalue weighted by Gasteiger charge is -2.24. The maximum atomic E-state index is 14.0. The van der Waals surface area contributed by atoms with E-state index in [0.29, 0.717) is 23.6 Å². The summed E-state index contributed by atoms with van der Waals surface area (Å²) in [6.45, 7) is 10.4. The number of nitrogens with zero attached hydrogens (tertiary/aromatic N) is 6. The highest BCUT2D eigenvalue weighted by Crippen LogP contribution is 2.32. The van der Waals surface area contributed by atoms with Gasteiger partial charge in [-0.25, -0.2) is 4.79 Å². The molecule has 5 aromatic rings. The van der Waals surface area contributed by atoms with Gasteiger partial charge in [-0.1, -0.05) is 70.5 Å². The van der Waals surface area contributed by atoms with Gasteiger partial charge in [0.2, 0.25) is 5.82 Å². The van der Waals surface area contributed by atoms with E-state index in [1.807, 2.05) is 53.2 Å². The second-order valence-corrected chi connectivity index (χ2v) is 11.0. The molecular weight excluding hydrogens is 502 g/mol. The quantitative estimate of drug-likeness (QED) is 0.267. The summed E-state index contributed by atoms with van der Waals surface area (Å²) in [5.74, 6) is 0.412. The Balaban J connectivity index is 1.55. The van der Waals surface area contributed by atoms with Crippen molar-refractivity contribution in [2.24, 2.45) is 0 Å². The number of benzene rings is 2. The molecule has 3 aromatic heterocycles. The summed E-state index contributed by atoms with van der Waals surface area (Å²) in [5.41, 5.74) is 6.40. The largest absolute Gasteiger partial charge is 0.333 e. The van der Waals surface area contributed by atoms with E-state index >= 15 is 0 Å². The van der Waals surface area contributed by atoms with Gasteiger partial charge in [-0.05, 0) is 58.4 Å². The number of H-pyrrole nitrogens is 1. The minimum absolute atomic E-state index is 0.0651. The van der Waals surface area contributed by atoms with Crippen molar-refractivity contribution in [2.45, 2.75) is 59.4 Å². The van der Waals surface area contributed by atoms with Crippen LogP contribution in [0.15, 0.2) is 71.9 Å². The Morgan fingerprint density at radius 3 is 2.45 bits per heavy atom. The van der Waals surface area contributed by atoms with Crippen LogP contribution in [-0.2, 0) is 18.4 Å². The van der Waals surface area contributed by atoms with Crippen LogP contribution < -0.4 is 5.69 Å². The fraction of sp³-hybridized carbons (Fsp3) is 0.290. The van der Waals surface area contributed by atoms with Gasteiger partial charge in [0.05, 0.1) is 12.2 Å². The molecule has 0 bridgehead atoms. The van der Waals surface area contributed by atoms with Gasteiger partial charge >= 0.3 is 5.69 Å². The number of imidazole rings is 1. The first-order valence-electron chi connectivity index (χ1n) is 13.4. The molecule has 0 saturated heterocycles. The third-order valence-electron chi connectivity index (χ3n) is 7.05. The van der Waals surface area contributed by atoms with Crippen LogP contribution in [0, 0.1) is 0 Å². The summed E-state index contributed by atoms with van der Waals surface area (Å²) in [5, 5.41) is 14.4. The molecule has 0 atom stereocenters. The molecule has 0 aliphatic carbocycles. The van der Waals surface area contributed by atoms with Crippen molar-refractivity contribution >= 4 is 5.78 Å². The lowest BCUT2D eigenvalue weighted by Crippen LogP contribution is -2.28. The number of rotatable bonds is 8. The second-order valence-electron chi connectivity index (χ2n) is 11.0. The Bertz CT molecular complexity index is 1710. The highest BCUT2D eigenvalue weighted by molar-refractivity contribution is 5.98. The van der Waals surface area contributed by atoms with Crippen molar-refractivity contribution in [3.05, 3.63) is 100.0 Å². The number of tetrazole rings is 1. The number of aryl methyl sites for hydroxylation is 1. The fourth-order valence-electron chi connectivity index (χ4n) is 5.08. The lowest BCUT2D eigenvalue weighted by atomic mass is 9.84. The van der Waals surface area contributed by atoms with Gasteiger partial charge in [0.25, 0.3) is 0 Å². The Labute approximate surface area is 232 Å². The Morgan fingerprint density at radius 1 is 1.02 bits per heavy atom. The molecule has 0 unspecified atom stereocenters. The van der Waals surface area contributed by atoms with E-state index in [2.05, 4.69) is 53.3 Å². The zero-order valence-electron chi connectivity index (χ0n) is 23.5. The summed E-state index contributed by atoms with van der Waals surface area (Å²) in [6.07, 6.45) is 7.00.